The lowest BCUT2D eigenvalue weighted by molar-refractivity contribution is -0.142. The van der Waals surface area contributed by atoms with Gasteiger partial charge in [-0.2, -0.15) is 0 Å². The van der Waals surface area contributed by atoms with Crippen LogP contribution in [0.5, 0.6) is 11.5 Å². The van der Waals surface area contributed by atoms with E-state index < -0.39 is 41.0 Å². The van der Waals surface area contributed by atoms with Gasteiger partial charge in [0.2, 0.25) is 17.7 Å². The van der Waals surface area contributed by atoms with E-state index in [-0.39, 0.29) is 18.4 Å². The first-order valence-corrected chi connectivity index (χ1v) is 12.2. The third-order valence-electron chi connectivity index (χ3n) is 7.57. The second-order valence-corrected chi connectivity index (χ2v) is 10.1. The summed E-state index contributed by atoms with van der Waals surface area (Å²) in [4.78, 5) is 42.2. The molecule has 3 aliphatic heterocycles. The highest BCUT2D eigenvalue weighted by molar-refractivity contribution is 6.15. The van der Waals surface area contributed by atoms with E-state index in [1.807, 2.05) is 26.0 Å². The zero-order valence-electron chi connectivity index (χ0n) is 20.8. The van der Waals surface area contributed by atoms with Crippen LogP contribution in [0.2, 0.25) is 0 Å². The average Bonchev–Trinajstić information content (AvgIpc) is 3.41. The first-order chi connectivity index (χ1) is 17.2. The monoisotopic (exact) mass is 495 g/mol. The number of carbonyl (C=O) groups excluding carboxylic acids is 3. The minimum absolute atomic E-state index is 0.169. The molecule has 4 unspecified atom stereocenters. The van der Waals surface area contributed by atoms with E-state index in [9.17, 15) is 18.8 Å². The van der Waals surface area contributed by atoms with E-state index >= 15 is 0 Å². The number of carbonyl (C=O) groups is 3. The third kappa shape index (κ3) is 3.56. The number of imide groups is 1. The van der Waals surface area contributed by atoms with Crippen LogP contribution in [0.4, 0.5) is 10.1 Å². The quantitative estimate of drug-likeness (QED) is 0.574. The Bertz CT molecular complexity index is 1250. The Labute approximate surface area is 209 Å². The van der Waals surface area contributed by atoms with Crippen LogP contribution < -0.4 is 20.1 Å². The van der Waals surface area contributed by atoms with Gasteiger partial charge >= 0.3 is 0 Å². The molecule has 0 saturated carbocycles. The predicted octanol–water partition coefficient (Wildman–Crippen LogP) is 2.85. The number of methoxy groups -OCH3 is 2. The van der Waals surface area contributed by atoms with Crippen molar-refractivity contribution in [2.24, 2.45) is 17.8 Å². The number of hydrogen-bond donors (Lipinski definition) is 2. The van der Waals surface area contributed by atoms with E-state index in [2.05, 4.69) is 10.6 Å². The van der Waals surface area contributed by atoms with Crippen LogP contribution in [0.15, 0.2) is 36.4 Å². The first-order valence-electron chi connectivity index (χ1n) is 12.2. The SMILES string of the molecule is COc1ccc(CCN2C(=O)C3C(CC(C)C)NC4(C(=O)Nc5ccc(F)cc54)C3C2=O)cc1OC. The molecule has 2 fully saturated rings. The van der Waals surface area contributed by atoms with E-state index in [0.29, 0.717) is 35.6 Å². The molecule has 9 heteroatoms. The fourth-order valence-corrected chi connectivity index (χ4v) is 6.04. The molecule has 0 aliphatic carbocycles. The van der Waals surface area contributed by atoms with Gasteiger partial charge in [0.1, 0.15) is 11.4 Å². The maximum Gasteiger partial charge on any atom is 0.250 e. The molecule has 2 aromatic carbocycles. The molecule has 8 nitrogen and oxygen atoms in total. The van der Waals surface area contributed by atoms with Gasteiger partial charge in [0.25, 0.3) is 0 Å². The molecule has 3 heterocycles. The summed E-state index contributed by atoms with van der Waals surface area (Å²) >= 11 is 0. The highest BCUT2D eigenvalue weighted by Crippen LogP contribution is 2.53. The Kier molecular flexibility index (Phi) is 5.98. The highest BCUT2D eigenvalue weighted by Gasteiger charge is 2.70. The van der Waals surface area contributed by atoms with Crippen molar-refractivity contribution < 1.29 is 28.2 Å². The van der Waals surface area contributed by atoms with Crippen molar-refractivity contribution >= 4 is 23.4 Å². The van der Waals surface area contributed by atoms with E-state index in [1.54, 1.807) is 20.3 Å². The van der Waals surface area contributed by atoms with Gasteiger partial charge in [0.15, 0.2) is 11.5 Å². The third-order valence-corrected chi connectivity index (χ3v) is 7.57. The number of fused-ring (bicyclic) bond motifs is 4. The fraction of sp³-hybridized carbons (Fsp3) is 0.444. The van der Waals surface area contributed by atoms with E-state index in [1.165, 1.54) is 23.1 Å². The number of ether oxygens (including phenoxy) is 2. The number of halogens is 1. The first kappa shape index (κ1) is 24.2. The van der Waals surface area contributed by atoms with Gasteiger partial charge in [-0.1, -0.05) is 19.9 Å². The van der Waals surface area contributed by atoms with Crippen molar-refractivity contribution in [3.05, 3.63) is 53.3 Å². The van der Waals surface area contributed by atoms with Crippen molar-refractivity contribution in [1.29, 1.82) is 0 Å². The Morgan fingerprint density at radius 1 is 1.03 bits per heavy atom. The molecule has 2 N–H and O–H groups in total. The zero-order chi connectivity index (χ0) is 25.8. The number of hydrogen-bond acceptors (Lipinski definition) is 6. The molecule has 5 rings (SSSR count). The fourth-order valence-electron chi connectivity index (χ4n) is 6.04. The molecule has 1 spiro atoms. The lowest BCUT2D eigenvalue weighted by Crippen LogP contribution is -2.53. The number of amides is 3. The van der Waals surface area contributed by atoms with Crippen molar-refractivity contribution in [2.45, 2.75) is 38.3 Å². The maximum atomic E-state index is 14.3. The van der Waals surface area contributed by atoms with Crippen LogP contribution in [0.3, 0.4) is 0 Å². The van der Waals surface area contributed by atoms with Crippen molar-refractivity contribution in [3.8, 4) is 11.5 Å². The number of rotatable bonds is 7. The van der Waals surface area contributed by atoms with Gasteiger partial charge in [-0.3, -0.25) is 24.6 Å². The summed E-state index contributed by atoms with van der Waals surface area (Å²) in [5.74, 6) is -1.90. The molecule has 36 heavy (non-hydrogen) atoms. The molecule has 0 aromatic heterocycles. The Morgan fingerprint density at radius 3 is 2.47 bits per heavy atom. The van der Waals surface area contributed by atoms with Crippen LogP contribution >= 0.6 is 0 Å². The van der Waals surface area contributed by atoms with Gasteiger partial charge in [-0.25, -0.2) is 4.39 Å². The largest absolute Gasteiger partial charge is 0.493 e. The molecule has 0 bridgehead atoms. The second kappa shape index (κ2) is 8.89. The molecule has 4 atom stereocenters. The summed E-state index contributed by atoms with van der Waals surface area (Å²) in [6, 6.07) is 9.13. The Morgan fingerprint density at radius 2 is 1.78 bits per heavy atom. The van der Waals surface area contributed by atoms with Gasteiger partial charge in [0.05, 0.1) is 26.1 Å². The second-order valence-electron chi connectivity index (χ2n) is 10.1. The van der Waals surface area contributed by atoms with Crippen molar-refractivity contribution in [2.75, 3.05) is 26.1 Å². The van der Waals surface area contributed by atoms with Gasteiger partial charge < -0.3 is 14.8 Å². The number of likely N-dealkylation sites (tertiary alicyclic amines) is 1. The lowest BCUT2D eigenvalue weighted by Gasteiger charge is -2.30. The van der Waals surface area contributed by atoms with Gasteiger partial charge in [-0.05, 0) is 54.7 Å². The predicted molar refractivity (Wildman–Crippen MR) is 130 cm³/mol. The number of nitrogens with one attached hydrogen (secondary N) is 2. The van der Waals surface area contributed by atoms with E-state index in [0.717, 1.165) is 5.56 Å². The average molecular weight is 496 g/mol. The van der Waals surface area contributed by atoms with Crippen LogP contribution in [0.1, 0.15) is 31.4 Å². The summed E-state index contributed by atoms with van der Waals surface area (Å²) in [6.45, 7) is 4.22. The van der Waals surface area contributed by atoms with Gasteiger partial charge in [-0.15, -0.1) is 0 Å². The van der Waals surface area contributed by atoms with Crippen molar-refractivity contribution in [1.82, 2.24) is 10.2 Å². The molecule has 3 aliphatic rings. The topological polar surface area (TPSA) is 97.0 Å². The highest BCUT2D eigenvalue weighted by atomic mass is 19.1. The summed E-state index contributed by atoms with van der Waals surface area (Å²) in [7, 11) is 3.10. The van der Waals surface area contributed by atoms with Crippen LogP contribution in [0.25, 0.3) is 0 Å². The molecular formula is C27H30FN3O5. The number of anilines is 1. The summed E-state index contributed by atoms with van der Waals surface area (Å²) in [5, 5.41) is 6.14. The molecule has 0 radical (unpaired) electrons. The summed E-state index contributed by atoms with van der Waals surface area (Å²) in [6.07, 6.45) is 1.02. The van der Waals surface area contributed by atoms with Crippen LogP contribution in [-0.4, -0.2) is 49.4 Å². The molecule has 3 amide bonds. The minimum atomic E-state index is -1.48. The summed E-state index contributed by atoms with van der Waals surface area (Å²) < 4.78 is 25.0. The molecule has 190 valence electrons. The Hall–Kier alpha value is -3.46. The van der Waals surface area contributed by atoms with Crippen molar-refractivity contribution in [3.63, 3.8) is 0 Å². The number of benzene rings is 2. The molecule has 2 saturated heterocycles. The Balaban J connectivity index is 1.49. The lowest BCUT2D eigenvalue weighted by atomic mass is 9.76. The normalized spacial score (nSPS) is 26.6. The number of nitrogens with zero attached hydrogens (tertiary/aromatic N) is 1. The van der Waals surface area contributed by atoms with Crippen LogP contribution in [-0.2, 0) is 26.3 Å². The smallest absolute Gasteiger partial charge is 0.250 e. The van der Waals surface area contributed by atoms with Crippen LogP contribution in [0, 0.1) is 23.6 Å². The van der Waals surface area contributed by atoms with E-state index in [4.69, 9.17) is 9.47 Å². The maximum absolute atomic E-state index is 14.3. The van der Waals surface area contributed by atoms with Gasteiger partial charge in [0, 0.05) is 23.8 Å². The summed E-state index contributed by atoms with van der Waals surface area (Å²) in [5.41, 5.74) is 0.244. The zero-order valence-corrected chi connectivity index (χ0v) is 20.8. The minimum Gasteiger partial charge on any atom is -0.493 e. The standard InChI is InChI=1S/C27H30FN3O5/c1-14(2)11-19-22-23(27(30-19)17-13-16(28)6-7-18(17)29-26(27)34)25(33)31(24(22)32)10-9-15-5-8-20(35-3)21(12-15)36-4/h5-8,12-14,19,22-23,30H,9-11H2,1-4H3,(H,29,34). The molecular weight excluding hydrogens is 465 g/mol. The molecule has 2 aromatic rings.